The Morgan fingerprint density at radius 3 is 2.90 bits per heavy atom. The van der Waals surface area contributed by atoms with Crippen LogP contribution in [0.25, 0.3) is 0 Å². The maximum Gasteiger partial charge on any atom is 0.288 e. The lowest BCUT2D eigenvalue weighted by Crippen LogP contribution is -2.29. The zero-order valence-corrected chi connectivity index (χ0v) is 5.63. The van der Waals surface area contributed by atoms with Crippen LogP contribution in [0.5, 0.6) is 0 Å². The molecule has 1 heterocycles. The Morgan fingerprint density at radius 1 is 1.60 bits per heavy atom. The molecule has 4 heteroatoms. The molecule has 0 spiro atoms. The van der Waals surface area contributed by atoms with E-state index < -0.39 is 5.91 Å². The highest BCUT2D eigenvalue weighted by molar-refractivity contribution is 6.38. The van der Waals surface area contributed by atoms with Crippen molar-refractivity contribution in [1.29, 1.82) is 0 Å². The fraction of sp³-hybridized carbons (Fsp3) is 0.667. The van der Waals surface area contributed by atoms with Crippen molar-refractivity contribution in [2.45, 2.75) is 19.3 Å². The van der Waals surface area contributed by atoms with Gasteiger partial charge in [-0.2, -0.15) is 0 Å². The standard InChI is InChI=1S/C6H10N2O2/c9-6(8-10)5-3-1-2-4-7-5/h10H,1-4H2,(H,8,9). The first-order valence-electron chi connectivity index (χ1n) is 3.32. The summed E-state index contributed by atoms with van der Waals surface area (Å²) in [6.45, 7) is 0.711. The molecule has 0 fully saturated rings. The highest BCUT2D eigenvalue weighted by Crippen LogP contribution is 2.05. The molecule has 0 atom stereocenters. The molecule has 10 heavy (non-hydrogen) atoms. The average molecular weight is 142 g/mol. The minimum atomic E-state index is -0.459. The number of hydrogen-bond acceptors (Lipinski definition) is 3. The summed E-state index contributed by atoms with van der Waals surface area (Å²) in [5, 5.41) is 8.21. The van der Waals surface area contributed by atoms with E-state index in [9.17, 15) is 4.79 Å². The van der Waals surface area contributed by atoms with Crippen LogP contribution in [-0.2, 0) is 4.79 Å². The molecule has 0 aromatic carbocycles. The van der Waals surface area contributed by atoms with E-state index in [0.29, 0.717) is 18.7 Å². The number of nitrogens with one attached hydrogen (secondary N) is 1. The molecule has 1 aliphatic rings. The van der Waals surface area contributed by atoms with Crippen LogP contribution in [0.15, 0.2) is 4.99 Å². The van der Waals surface area contributed by atoms with Crippen LogP contribution in [0, 0.1) is 0 Å². The van der Waals surface area contributed by atoms with Gasteiger partial charge in [0.15, 0.2) is 0 Å². The highest BCUT2D eigenvalue weighted by atomic mass is 16.5. The van der Waals surface area contributed by atoms with Gasteiger partial charge < -0.3 is 0 Å². The van der Waals surface area contributed by atoms with Crippen LogP contribution >= 0.6 is 0 Å². The van der Waals surface area contributed by atoms with Gasteiger partial charge in [-0.05, 0) is 19.3 Å². The summed E-state index contributed by atoms with van der Waals surface area (Å²) in [4.78, 5) is 14.6. The summed E-state index contributed by atoms with van der Waals surface area (Å²) in [5.41, 5.74) is 2.03. The monoisotopic (exact) mass is 142 g/mol. The van der Waals surface area contributed by atoms with Gasteiger partial charge in [0.05, 0.1) is 0 Å². The summed E-state index contributed by atoms with van der Waals surface area (Å²) < 4.78 is 0. The van der Waals surface area contributed by atoms with E-state index in [1.54, 1.807) is 5.48 Å². The summed E-state index contributed by atoms with van der Waals surface area (Å²) >= 11 is 0. The lowest BCUT2D eigenvalue weighted by Gasteiger charge is -2.08. The Balaban J connectivity index is 2.53. The van der Waals surface area contributed by atoms with Crippen LogP contribution < -0.4 is 5.48 Å². The molecule has 1 aliphatic heterocycles. The van der Waals surface area contributed by atoms with Crippen LogP contribution in [0.3, 0.4) is 0 Å². The molecule has 1 amide bonds. The number of carbonyl (C=O) groups is 1. The molecule has 0 aromatic heterocycles. The van der Waals surface area contributed by atoms with Gasteiger partial charge in [0.25, 0.3) is 5.91 Å². The number of carbonyl (C=O) groups excluding carboxylic acids is 1. The van der Waals surface area contributed by atoms with E-state index in [2.05, 4.69) is 4.99 Å². The van der Waals surface area contributed by atoms with E-state index >= 15 is 0 Å². The van der Waals surface area contributed by atoms with Crippen molar-refractivity contribution in [2.24, 2.45) is 4.99 Å². The smallest absolute Gasteiger partial charge is 0.288 e. The molecular formula is C6H10N2O2. The van der Waals surface area contributed by atoms with E-state index in [-0.39, 0.29) is 0 Å². The molecule has 0 saturated carbocycles. The largest absolute Gasteiger partial charge is 0.288 e. The van der Waals surface area contributed by atoms with Gasteiger partial charge in [-0.15, -0.1) is 0 Å². The van der Waals surface area contributed by atoms with Gasteiger partial charge in [-0.25, -0.2) is 5.48 Å². The van der Waals surface area contributed by atoms with Crippen LogP contribution in [0.4, 0.5) is 0 Å². The first kappa shape index (κ1) is 7.21. The number of hydroxylamine groups is 1. The van der Waals surface area contributed by atoms with Gasteiger partial charge in [-0.1, -0.05) is 0 Å². The Morgan fingerprint density at radius 2 is 2.40 bits per heavy atom. The van der Waals surface area contributed by atoms with Gasteiger partial charge in [-0.3, -0.25) is 15.0 Å². The van der Waals surface area contributed by atoms with Crippen molar-refractivity contribution in [2.75, 3.05) is 6.54 Å². The van der Waals surface area contributed by atoms with Crippen molar-refractivity contribution < 1.29 is 10.0 Å². The second-order valence-corrected chi connectivity index (χ2v) is 2.23. The van der Waals surface area contributed by atoms with E-state index in [1.165, 1.54) is 0 Å². The van der Waals surface area contributed by atoms with E-state index in [1.807, 2.05) is 0 Å². The third-order valence-corrected chi connectivity index (χ3v) is 1.49. The fourth-order valence-electron chi connectivity index (χ4n) is 0.947. The number of amides is 1. The van der Waals surface area contributed by atoms with Crippen LogP contribution in [-0.4, -0.2) is 23.4 Å². The van der Waals surface area contributed by atoms with Crippen molar-refractivity contribution in [3.63, 3.8) is 0 Å². The number of aliphatic imine (C=N–C) groups is 1. The Bertz CT molecular complexity index is 165. The zero-order chi connectivity index (χ0) is 7.40. The molecule has 2 N–H and O–H groups in total. The maximum atomic E-state index is 10.7. The van der Waals surface area contributed by atoms with Crippen molar-refractivity contribution >= 4 is 11.6 Å². The minimum Gasteiger partial charge on any atom is -0.288 e. The van der Waals surface area contributed by atoms with Crippen LogP contribution in [0.2, 0.25) is 0 Å². The molecule has 0 aliphatic carbocycles. The maximum absolute atomic E-state index is 10.7. The third kappa shape index (κ3) is 1.54. The second kappa shape index (κ2) is 3.31. The third-order valence-electron chi connectivity index (χ3n) is 1.49. The number of rotatable bonds is 1. The summed E-state index contributed by atoms with van der Waals surface area (Å²) in [5.74, 6) is -0.459. The van der Waals surface area contributed by atoms with E-state index in [4.69, 9.17) is 5.21 Å². The average Bonchev–Trinajstić information content (AvgIpc) is 2.05. The topological polar surface area (TPSA) is 61.7 Å². The molecule has 1 rings (SSSR count). The summed E-state index contributed by atoms with van der Waals surface area (Å²) in [6.07, 6.45) is 2.72. The van der Waals surface area contributed by atoms with Crippen molar-refractivity contribution in [3.8, 4) is 0 Å². The SMILES string of the molecule is O=C(NO)C1=NCCCC1. The van der Waals surface area contributed by atoms with Crippen molar-refractivity contribution in [3.05, 3.63) is 0 Å². The number of nitrogens with zero attached hydrogens (tertiary/aromatic N) is 1. The predicted octanol–water partition coefficient (Wildman–Crippen LogP) is 0.117. The minimum absolute atomic E-state index is 0.459. The Labute approximate surface area is 58.9 Å². The van der Waals surface area contributed by atoms with Gasteiger partial charge >= 0.3 is 0 Å². The normalized spacial score (nSPS) is 17.9. The first-order chi connectivity index (χ1) is 4.84. The molecule has 4 nitrogen and oxygen atoms in total. The fourth-order valence-corrected chi connectivity index (χ4v) is 0.947. The Kier molecular flexibility index (Phi) is 2.39. The molecule has 0 unspecified atom stereocenters. The second-order valence-electron chi connectivity index (χ2n) is 2.23. The van der Waals surface area contributed by atoms with Crippen molar-refractivity contribution in [1.82, 2.24) is 5.48 Å². The van der Waals surface area contributed by atoms with E-state index in [0.717, 1.165) is 12.8 Å². The lowest BCUT2D eigenvalue weighted by atomic mass is 10.1. The zero-order valence-electron chi connectivity index (χ0n) is 5.63. The quantitative estimate of drug-likeness (QED) is 0.403. The molecule has 56 valence electrons. The van der Waals surface area contributed by atoms with Gasteiger partial charge in [0, 0.05) is 6.54 Å². The number of hydrogen-bond donors (Lipinski definition) is 2. The molecule has 0 saturated heterocycles. The predicted molar refractivity (Wildman–Crippen MR) is 36.1 cm³/mol. The lowest BCUT2D eigenvalue weighted by molar-refractivity contribution is -0.122. The molecule has 0 radical (unpaired) electrons. The van der Waals surface area contributed by atoms with Gasteiger partial charge in [0.2, 0.25) is 0 Å². The van der Waals surface area contributed by atoms with Gasteiger partial charge in [0.1, 0.15) is 5.71 Å². The highest BCUT2D eigenvalue weighted by Gasteiger charge is 2.11. The van der Waals surface area contributed by atoms with Crippen LogP contribution in [0.1, 0.15) is 19.3 Å². The summed E-state index contributed by atoms with van der Waals surface area (Å²) in [7, 11) is 0. The Hall–Kier alpha value is -0.900. The molecule has 0 bridgehead atoms. The molecular weight excluding hydrogens is 132 g/mol. The molecule has 0 aromatic rings. The first-order valence-corrected chi connectivity index (χ1v) is 3.32. The summed E-state index contributed by atoms with van der Waals surface area (Å²) in [6, 6.07) is 0.